The van der Waals surface area contributed by atoms with Crippen molar-refractivity contribution in [1.82, 2.24) is 19.5 Å². The summed E-state index contributed by atoms with van der Waals surface area (Å²) in [6.45, 7) is 2.54. The maximum Gasteiger partial charge on any atom is 0.223 e. The molecule has 0 saturated heterocycles. The summed E-state index contributed by atoms with van der Waals surface area (Å²) >= 11 is 1.42. The van der Waals surface area contributed by atoms with Crippen LogP contribution in [-0.2, 0) is 6.42 Å². The number of nitrogens with zero attached hydrogens (tertiary/aromatic N) is 4. The number of rotatable bonds is 5. The first-order valence-electron chi connectivity index (χ1n) is 5.68. The summed E-state index contributed by atoms with van der Waals surface area (Å²) in [7, 11) is 0. The first-order chi connectivity index (χ1) is 8.31. The van der Waals surface area contributed by atoms with Gasteiger partial charge in [0.05, 0.1) is 0 Å². The van der Waals surface area contributed by atoms with Crippen LogP contribution in [0.2, 0.25) is 0 Å². The molecule has 1 N–H and O–H groups in total. The highest BCUT2D eigenvalue weighted by Gasteiger charge is 2.27. The van der Waals surface area contributed by atoms with E-state index in [1.165, 1.54) is 24.4 Å². The van der Waals surface area contributed by atoms with Gasteiger partial charge in [0.2, 0.25) is 11.0 Å². The minimum absolute atomic E-state index is 0.604. The average Bonchev–Trinajstić information content (AvgIpc) is 2.93. The summed E-state index contributed by atoms with van der Waals surface area (Å²) in [5.41, 5.74) is 0. The van der Waals surface area contributed by atoms with Crippen molar-refractivity contribution in [2.45, 2.75) is 32.1 Å². The van der Waals surface area contributed by atoms with E-state index in [4.69, 9.17) is 4.52 Å². The van der Waals surface area contributed by atoms with Gasteiger partial charge in [-0.25, -0.2) is 4.98 Å². The fourth-order valence-corrected chi connectivity index (χ4v) is 2.21. The zero-order valence-corrected chi connectivity index (χ0v) is 10.3. The van der Waals surface area contributed by atoms with E-state index in [1.54, 1.807) is 6.92 Å². The number of hydrogen-bond donors (Lipinski definition) is 1. The highest BCUT2D eigenvalue weighted by atomic mass is 32.1. The molecular weight excluding hydrogens is 238 g/mol. The molecule has 6 nitrogen and oxygen atoms in total. The molecule has 7 heteroatoms. The number of aromatic nitrogens is 4. The van der Waals surface area contributed by atoms with E-state index in [0.717, 1.165) is 29.7 Å². The van der Waals surface area contributed by atoms with E-state index in [2.05, 4.69) is 24.8 Å². The average molecular weight is 251 g/mol. The van der Waals surface area contributed by atoms with Gasteiger partial charge in [-0.1, -0.05) is 5.16 Å². The molecule has 1 aliphatic carbocycles. The molecule has 2 aromatic heterocycles. The minimum Gasteiger partial charge on any atom is -0.360 e. The third kappa shape index (κ3) is 2.60. The summed E-state index contributed by atoms with van der Waals surface area (Å²) in [6.07, 6.45) is 3.20. The van der Waals surface area contributed by atoms with E-state index in [9.17, 15) is 0 Å². The van der Waals surface area contributed by atoms with Crippen molar-refractivity contribution in [2.24, 2.45) is 0 Å². The number of nitrogens with one attached hydrogen (secondary N) is 1. The second-order valence-electron chi connectivity index (χ2n) is 4.14. The van der Waals surface area contributed by atoms with E-state index >= 15 is 0 Å². The highest BCUT2D eigenvalue weighted by molar-refractivity contribution is 7.09. The Balaban J connectivity index is 1.49. The maximum atomic E-state index is 4.90. The monoisotopic (exact) mass is 251 g/mol. The van der Waals surface area contributed by atoms with E-state index in [0.29, 0.717) is 11.8 Å². The Hall–Kier alpha value is -1.50. The van der Waals surface area contributed by atoms with Crippen LogP contribution < -0.4 is 5.32 Å². The van der Waals surface area contributed by atoms with Crippen LogP contribution in [0.25, 0.3) is 0 Å². The Morgan fingerprint density at radius 3 is 3.00 bits per heavy atom. The van der Waals surface area contributed by atoms with Gasteiger partial charge in [-0.2, -0.15) is 9.36 Å². The van der Waals surface area contributed by atoms with Crippen LogP contribution in [0, 0.1) is 6.92 Å². The van der Waals surface area contributed by atoms with Crippen molar-refractivity contribution in [3.8, 4) is 0 Å². The number of hydrogen-bond acceptors (Lipinski definition) is 7. The molecule has 3 rings (SSSR count). The molecular formula is C10H13N5OS. The topological polar surface area (TPSA) is 76.7 Å². The summed E-state index contributed by atoms with van der Waals surface area (Å²) in [5, 5.41) is 7.94. The van der Waals surface area contributed by atoms with Crippen LogP contribution in [0.5, 0.6) is 0 Å². The summed E-state index contributed by atoms with van der Waals surface area (Å²) in [6, 6.07) is 0. The van der Waals surface area contributed by atoms with Gasteiger partial charge < -0.3 is 9.84 Å². The smallest absolute Gasteiger partial charge is 0.223 e. The molecule has 90 valence electrons. The van der Waals surface area contributed by atoms with Crippen molar-refractivity contribution < 1.29 is 4.52 Å². The lowest BCUT2D eigenvalue weighted by molar-refractivity contribution is 0.387. The van der Waals surface area contributed by atoms with E-state index in [1.807, 2.05) is 0 Å². The quantitative estimate of drug-likeness (QED) is 0.872. The fraction of sp³-hybridized carbons (Fsp3) is 0.600. The van der Waals surface area contributed by atoms with Gasteiger partial charge in [0.15, 0.2) is 5.82 Å². The van der Waals surface area contributed by atoms with Gasteiger partial charge in [0, 0.05) is 37.3 Å². The molecule has 0 amide bonds. The zero-order chi connectivity index (χ0) is 11.7. The van der Waals surface area contributed by atoms with Crippen LogP contribution in [-0.4, -0.2) is 26.0 Å². The predicted octanol–water partition coefficient (Wildman–Crippen LogP) is 1.76. The highest BCUT2D eigenvalue weighted by Crippen LogP contribution is 2.39. The molecule has 0 bridgehead atoms. The lowest BCUT2D eigenvalue weighted by Gasteiger charge is -1.97. The summed E-state index contributed by atoms with van der Waals surface area (Å²) in [4.78, 5) is 8.58. The largest absolute Gasteiger partial charge is 0.360 e. The van der Waals surface area contributed by atoms with E-state index < -0.39 is 0 Å². The van der Waals surface area contributed by atoms with Crippen LogP contribution >= 0.6 is 11.5 Å². The Bertz CT molecular complexity index is 504. The van der Waals surface area contributed by atoms with Crippen molar-refractivity contribution in [1.29, 1.82) is 0 Å². The first-order valence-corrected chi connectivity index (χ1v) is 6.45. The summed E-state index contributed by atoms with van der Waals surface area (Å²) in [5.74, 6) is 2.93. The molecule has 0 aliphatic heterocycles. The normalized spacial score (nSPS) is 15.1. The van der Waals surface area contributed by atoms with Crippen molar-refractivity contribution in [3.63, 3.8) is 0 Å². The van der Waals surface area contributed by atoms with Crippen LogP contribution in [0.3, 0.4) is 0 Å². The molecule has 2 heterocycles. The zero-order valence-electron chi connectivity index (χ0n) is 9.51. The minimum atomic E-state index is 0.604. The molecule has 1 fully saturated rings. The van der Waals surface area contributed by atoms with Gasteiger partial charge in [-0.3, -0.25) is 0 Å². The molecule has 1 aliphatic rings. The number of aryl methyl sites for hydroxylation is 1. The number of anilines is 1. The third-order valence-electron chi connectivity index (χ3n) is 2.58. The SMILES string of the molecule is Cc1nc(CCNc2nc(C3CC3)ns2)no1. The Kier molecular flexibility index (Phi) is 2.76. The van der Waals surface area contributed by atoms with Gasteiger partial charge in [-0.05, 0) is 12.8 Å². The first kappa shape index (κ1) is 10.6. The molecule has 0 aromatic carbocycles. The van der Waals surface area contributed by atoms with Crippen molar-refractivity contribution in [2.75, 3.05) is 11.9 Å². The molecule has 0 unspecified atom stereocenters. The van der Waals surface area contributed by atoms with Gasteiger partial charge >= 0.3 is 0 Å². The molecule has 0 spiro atoms. The van der Waals surface area contributed by atoms with Crippen LogP contribution in [0.15, 0.2) is 4.52 Å². The Morgan fingerprint density at radius 2 is 2.29 bits per heavy atom. The van der Waals surface area contributed by atoms with Gasteiger partial charge in [0.25, 0.3) is 0 Å². The molecule has 1 saturated carbocycles. The van der Waals surface area contributed by atoms with Crippen LogP contribution in [0.4, 0.5) is 5.13 Å². The lowest BCUT2D eigenvalue weighted by Crippen LogP contribution is -2.05. The standard InChI is InChI=1S/C10H13N5OS/c1-6-12-8(14-16-6)4-5-11-10-13-9(15-17-10)7-2-3-7/h7H,2-5H2,1H3,(H,11,13,15). The predicted molar refractivity (Wildman–Crippen MR) is 63.1 cm³/mol. The van der Waals surface area contributed by atoms with E-state index in [-0.39, 0.29) is 0 Å². The summed E-state index contributed by atoms with van der Waals surface area (Å²) < 4.78 is 9.22. The molecule has 17 heavy (non-hydrogen) atoms. The lowest BCUT2D eigenvalue weighted by atomic mass is 10.4. The fourth-order valence-electron chi connectivity index (χ4n) is 1.54. The molecule has 0 radical (unpaired) electrons. The van der Waals surface area contributed by atoms with Crippen molar-refractivity contribution >= 4 is 16.7 Å². The van der Waals surface area contributed by atoms with Crippen molar-refractivity contribution in [3.05, 3.63) is 17.5 Å². The van der Waals surface area contributed by atoms with Crippen LogP contribution in [0.1, 0.15) is 36.3 Å². The second-order valence-corrected chi connectivity index (χ2v) is 4.89. The molecule has 0 atom stereocenters. The van der Waals surface area contributed by atoms with Gasteiger partial charge in [0.1, 0.15) is 5.82 Å². The van der Waals surface area contributed by atoms with Gasteiger partial charge in [-0.15, -0.1) is 0 Å². The third-order valence-corrected chi connectivity index (χ3v) is 3.27. The molecule has 2 aromatic rings. The maximum absolute atomic E-state index is 4.90. The Labute approximate surface area is 103 Å². The second kappa shape index (κ2) is 4.40. The Morgan fingerprint density at radius 1 is 1.41 bits per heavy atom.